The van der Waals surface area contributed by atoms with Gasteiger partial charge >= 0.3 is 0 Å². The molecule has 2 aromatic carbocycles. The Morgan fingerprint density at radius 1 is 0.970 bits per heavy atom. The summed E-state index contributed by atoms with van der Waals surface area (Å²) < 4.78 is 42.2. The maximum atomic E-state index is 13.4. The molecule has 0 radical (unpaired) electrons. The minimum atomic E-state index is -3.55. The van der Waals surface area contributed by atoms with E-state index in [9.17, 15) is 17.6 Å². The summed E-state index contributed by atoms with van der Waals surface area (Å²) in [6.07, 6.45) is 2.77. The number of nitrogens with zero attached hydrogens (tertiary/aromatic N) is 3. The number of hydrogen-bond acceptors (Lipinski definition) is 5. The lowest BCUT2D eigenvalue weighted by molar-refractivity contribution is 0.102. The zero-order valence-electron chi connectivity index (χ0n) is 17.8. The first-order valence-electron chi connectivity index (χ1n) is 10.8. The van der Waals surface area contributed by atoms with Crippen LogP contribution in [0.15, 0.2) is 53.4 Å². The zero-order valence-corrected chi connectivity index (χ0v) is 19.5. The number of nitrogens with one attached hydrogen (secondary N) is 1. The summed E-state index contributed by atoms with van der Waals surface area (Å²) in [5.41, 5.74) is 2.83. The van der Waals surface area contributed by atoms with E-state index >= 15 is 0 Å². The lowest BCUT2D eigenvalue weighted by Gasteiger charge is -2.25. The summed E-state index contributed by atoms with van der Waals surface area (Å²) in [5.74, 6) is 1.31. The van der Waals surface area contributed by atoms with Crippen molar-refractivity contribution in [3.8, 4) is 5.69 Å². The highest BCUT2D eigenvalue weighted by Gasteiger charge is 2.27. The van der Waals surface area contributed by atoms with E-state index in [1.165, 1.54) is 40.7 Å². The molecule has 7 nitrogen and oxygen atoms in total. The number of sulfonamides is 1. The van der Waals surface area contributed by atoms with Crippen LogP contribution in [-0.4, -0.2) is 41.5 Å². The van der Waals surface area contributed by atoms with Gasteiger partial charge in [0.1, 0.15) is 11.6 Å². The molecule has 1 amide bonds. The van der Waals surface area contributed by atoms with Gasteiger partial charge in [0.2, 0.25) is 10.0 Å². The van der Waals surface area contributed by atoms with Gasteiger partial charge in [-0.1, -0.05) is 6.42 Å². The summed E-state index contributed by atoms with van der Waals surface area (Å²) in [5, 5.41) is 7.55. The number of thioether (sulfide) groups is 1. The van der Waals surface area contributed by atoms with Crippen LogP contribution in [0.4, 0.5) is 10.2 Å². The average molecular weight is 487 g/mol. The molecule has 0 spiro atoms. The first kappa shape index (κ1) is 22.1. The van der Waals surface area contributed by atoms with Crippen LogP contribution in [0.25, 0.3) is 5.69 Å². The van der Waals surface area contributed by atoms with Crippen LogP contribution >= 0.6 is 11.8 Å². The number of carbonyl (C=O) groups is 1. The van der Waals surface area contributed by atoms with E-state index in [1.54, 1.807) is 28.6 Å². The van der Waals surface area contributed by atoms with Crippen molar-refractivity contribution in [2.75, 3.05) is 18.4 Å². The summed E-state index contributed by atoms with van der Waals surface area (Å²) in [6, 6.07) is 11.9. The molecule has 172 valence electrons. The molecule has 10 heteroatoms. The highest BCUT2D eigenvalue weighted by molar-refractivity contribution is 7.98. The number of anilines is 1. The Morgan fingerprint density at radius 2 is 1.67 bits per heavy atom. The lowest BCUT2D eigenvalue weighted by atomic mass is 10.2. The second kappa shape index (κ2) is 8.92. The molecule has 1 aromatic heterocycles. The van der Waals surface area contributed by atoms with Crippen LogP contribution in [-0.2, 0) is 21.5 Å². The van der Waals surface area contributed by atoms with Crippen molar-refractivity contribution in [2.45, 2.75) is 35.7 Å². The van der Waals surface area contributed by atoms with Gasteiger partial charge in [-0.15, -0.1) is 0 Å². The molecule has 1 N–H and O–H groups in total. The number of carbonyl (C=O) groups excluding carboxylic acids is 1. The summed E-state index contributed by atoms with van der Waals surface area (Å²) in [6.45, 7) is 1.06. The van der Waals surface area contributed by atoms with Crippen LogP contribution in [0.3, 0.4) is 0 Å². The van der Waals surface area contributed by atoms with Crippen LogP contribution in [0.2, 0.25) is 0 Å². The fraction of sp³-hybridized carbons (Fsp3) is 0.304. The second-order valence-corrected chi connectivity index (χ2v) is 11.0. The molecule has 1 saturated heterocycles. The molecule has 0 atom stereocenters. The van der Waals surface area contributed by atoms with Crippen molar-refractivity contribution in [1.29, 1.82) is 0 Å². The highest BCUT2D eigenvalue weighted by Crippen LogP contribution is 2.36. The van der Waals surface area contributed by atoms with Gasteiger partial charge in [0.15, 0.2) is 0 Å². The molecular weight excluding hydrogens is 463 g/mol. The quantitative estimate of drug-likeness (QED) is 0.585. The molecule has 3 aromatic rings. The van der Waals surface area contributed by atoms with Gasteiger partial charge < -0.3 is 5.32 Å². The number of piperidine rings is 1. The lowest BCUT2D eigenvalue weighted by Crippen LogP contribution is -2.35. The molecule has 3 heterocycles. The van der Waals surface area contributed by atoms with Crippen molar-refractivity contribution in [3.63, 3.8) is 0 Å². The average Bonchev–Trinajstić information content (AvgIpc) is 3.43. The van der Waals surface area contributed by atoms with E-state index in [0.717, 1.165) is 42.0 Å². The summed E-state index contributed by atoms with van der Waals surface area (Å²) in [7, 11) is -3.55. The van der Waals surface area contributed by atoms with Crippen molar-refractivity contribution in [2.24, 2.45) is 0 Å². The van der Waals surface area contributed by atoms with Gasteiger partial charge in [0.05, 0.1) is 16.3 Å². The molecule has 0 aliphatic carbocycles. The molecule has 0 bridgehead atoms. The first-order chi connectivity index (χ1) is 15.9. The zero-order chi connectivity index (χ0) is 23.0. The van der Waals surface area contributed by atoms with Gasteiger partial charge in [-0.05, 0) is 61.4 Å². The largest absolute Gasteiger partial charge is 0.306 e. The van der Waals surface area contributed by atoms with Crippen molar-refractivity contribution in [3.05, 3.63) is 71.2 Å². The fourth-order valence-electron chi connectivity index (χ4n) is 4.12. The van der Waals surface area contributed by atoms with E-state index in [1.807, 2.05) is 0 Å². The Hall–Kier alpha value is -2.69. The van der Waals surface area contributed by atoms with Crippen molar-refractivity contribution in [1.82, 2.24) is 14.1 Å². The van der Waals surface area contributed by atoms with Gasteiger partial charge in [-0.25, -0.2) is 17.5 Å². The van der Waals surface area contributed by atoms with Crippen LogP contribution in [0.5, 0.6) is 0 Å². The Bertz CT molecular complexity index is 1280. The highest BCUT2D eigenvalue weighted by atomic mass is 32.2. The first-order valence-corrected chi connectivity index (χ1v) is 13.4. The Kier molecular flexibility index (Phi) is 5.98. The number of hydrogen-bond donors (Lipinski definition) is 1. The number of rotatable bonds is 5. The minimum Gasteiger partial charge on any atom is -0.306 e. The standard InChI is InChI=1S/C23H23FN4O3S2/c24-17-6-8-18(9-7-17)28-22(20-14-32-15-21(20)26-28)25-23(29)16-4-10-19(11-5-16)33(30,31)27-12-2-1-3-13-27/h4-11H,1-3,12-15H2,(H,25,29). The number of benzene rings is 2. The number of aromatic nitrogens is 2. The number of halogens is 1. The monoisotopic (exact) mass is 486 g/mol. The van der Waals surface area contributed by atoms with E-state index in [4.69, 9.17) is 0 Å². The van der Waals surface area contributed by atoms with E-state index in [0.29, 0.717) is 30.2 Å². The third-order valence-electron chi connectivity index (χ3n) is 5.92. The third kappa shape index (κ3) is 4.30. The van der Waals surface area contributed by atoms with Crippen LogP contribution in [0.1, 0.15) is 40.9 Å². The predicted molar refractivity (Wildman–Crippen MR) is 126 cm³/mol. The Balaban J connectivity index is 1.40. The Morgan fingerprint density at radius 3 is 2.36 bits per heavy atom. The minimum absolute atomic E-state index is 0.189. The topological polar surface area (TPSA) is 84.3 Å². The van der Waals surface area contributed by atoms with Gasteiger partial charge in [0, 0.05) is 35.7 Å². The molecule has 0 saturated carbocycles. The summed E-state index contributed by atoms with van der Waals surface area (Å²) >= 11 is 1.71. The molecule has 0 unspecified atom stereocenters. The summed E-state index contributed by atoms with van der Waals surface area (Å²) in [4.78, 5) is 13.2. The normalized spacial score (nSPS) is 16.5. The maximum absolute atomic E-state index is 13.4. The Labute approximate surface area is 196 Å². The molecule has 2 aliphatic rings. The van der Waals surface area contributed by atoms with Crippen molar-refractivity contribution < 1.29 is 17.6 Å². The van der Waals surface area contributed by atoms with E-state index in [2.05, 4.69) is 10.4 Å². The smallest absolute Gasteiger partial charge is 0.256 e. The molecule has 1 fully saturated rings. The SMILES string of the molecule is O=C(Nc1c2c(nn1-c1ccc(F)cc1)CSC2)c1ccc(S(=O)(=O)N2CCCCC2)cc1. The van der Waals surface area contributed by atoms with Crippen molar-refractivity contribution >= 4 is 33.5 Å². The van der Waals surface area contributed by atoms with E-state index < -0.39 is 10.0 Å². The molecule has 5 rings (SSSR count). The second-order valence-electron chi connectivity index (χ2n) is 8.10. The third-order valence-corrected chi connectivity index (χ3v) is 8.81. The number of amides is 1. The van der Waals surface area contributed by atoms with Gasteiger partial charge in [0.25, 0.3) is 5.91 Å². The molecule has 33 heavy (non-hydrogen) atoms. The maximum Gasteiger partial charge on any atom is 0.256 e. The molecular formula is C23H23FN4O3S2. The fourth-order valence-corrected chi connectivity index (χ4v) is 6.67. The van der Waals surface area contributed by atoms with Gasteiger partial charge in [-0.3, -0.25) is 4.79 Å². The van der Waals surface area contributed by atoms with Crippen LogP contribution < -0.4 is 5.32 Å². The molecule has 2 aliphatic heterocycles. The van der Waals surface area contributed by atoms with E-state index in [-0.39, 0.29) is 16.6 Å². The van der Waals surface area contributed by atoms with Gasteiger partial charge in [-0.2, -0.15) is 21.2 Å². The predicted octanol–water partition coefficient (Wildman–Crippen LogP) is 4.19. The van der Waals surface area contributed by atoms with Crippen LogP contribution in [0, 0.1) is 5.82 Å². The number of fused-ring (bicyclic) bond motifs is 1.